The molecule has 7 aromatic rings. The first-order valence-corrected chi connectivity index (χ1v) is 15.0. The molecule has 44 heavy (non-hydrogen) atoms. The van der Waals surface area contributed by atoms with E-state index < -0.39 is 0 Å². The molecule has 0 bridgehead atoms. The Morgan fingerprint density at radius 3 is 1.52 bits per heavy atom. The van der Waals surface area contributed by atoms with Crippen molar-refractivity contribution in [2.45, 2.75) is 12.8 Å². The monoisotopic (exact) mass is 564 g/mol. The Kier molecular flexibility index (Phi) is 6.58. The Morgan fingerprint density at radius 2 is 0.909 bits per heavy atom. The first kappa shape index (κ1) is 25.9. The van der Waals surface area contributed by atoms with E-state index in [4.69, 9.17) is 19.9 Å². The molecule has 1 aliphatic carbocycles. The maximum absolute atomic E-state index is 4.99. The van der Waals surface area contributed by atoms with Gasteiger partial charge in [0.25, 0.3) is 0 Å². The Balaban J connectivity index is 1.36. The quantitative estimate of drug-likeness (QED) is 0.212. The van der Waals surface area contributed by atoms with Gasteiger partial charge in [-0.3, -0.25) is 4.98 Å². The Labute approximate surface area is 255 Å². The molecule has 4 heteroatoms. The maximum Gasteiger partial charge on any atom is 0.164 e. The molecule has 0 amide bonds. The fourth-order valence-corrected chi connectivity index (χ4v) is 6.21. The molecule has 0 atom stereocenters. The fraction of sp³-hybridized carbons (Fsp3) is 0.0500. The van der Waals surface area contributed by atoms with Crippen molar-refractivity contribution in [3.8, 4) is 56.5 Å². The summed E-state index contributed by atoms with van der Waals surface area (Å²) in [6.07, 6.45) is 8.67. The fourth-order valence-electron chi connectivity index (χ4n) is 6.21. The molecule has 0 fully saturated rings. The van der Waals surface area contributed by atoms with Gasteiger partial charge >= 0.3 is 0 Å². The van der Waals surface area contributed by atoms with E-state index in [1.807, 2.05) is 72.9 Å². The van der Waals surface area contributed by atoms with Gasteiger partial charge in [0.2, 0.25) is 0 Å². The summed E-state index contributed by atoms with van der Waals surface area (Å²) in [4.78, 5) is 19.6. The molecule has 8 rings (SSSR count). The summed E-state index contributed by atoms with van der Waals surface area (Å²) in [6.45, 7) is 0. The van der Waals surface area contributed by atoms with Gasteiger partial charge in [0, 0.05) is 28.5 Å². The lowest BCUT2D eigenvalue weighted by Gasteiger charge is -2.17. The van der Waals surface area contributed by atoms with Gasteiger partial charge in [-0.1, -0.05) is 121 Å². The van der Waals surface area contributed by atoms with Crippen molar-refractivity contribution >= 4 is 22.9 Å². The van der Waals surface area contributed by atoms with Gasteiger partial charge in [0.1, 0.15) is 0 Å². The molecule has 0 spiro atoms. The van der Waals surface area contributed by atoms with E-state index in [1.54, 1.807) is 0 Å². The summed E-state index contributed by atoms with van der Waals surface area (Å²) in [5.74, 6) is 1.97. The van der Waals surface area contributed by atoms with Crippen LogP contribution in [0.1, 0.15) is 12.8 Å². The first-order chi connectivity index (χ1) is 21.8. The van der Waals surface area contributed by atoms with Crippen molar-refractivity contribution in [1.29, 1.82) is 0 Å². The van der Waals surface area contributed by atoms with E-state index >= 15 is 0 Å². The standard InChI is InChI=1S/C40H28N4/c1-3-14-27(15-4-1)38-42-39(28-16-5-2-6-17-28)44-40(43-38)30-19-13-18-29(26-30)36-31-20-7-9-22-33(31)37(35-24-11-12-25-41-35)34-23-10-8-21-32(34)36/h1-7,9,11-26H,8,10H2. The molecule has 0 saturated carbocycles. The van der Waals surface area contributed by atoms with Crippen molar-refractivity contribution in [3.63, 3.8) is 0 Å². The molecule has 0 saturated heterocycles. The lowest BCUT2D eigenvalue weighted by atomic mass is 9.87. The molecule has 2 aromatic heterocycles. The van der Waals surface area contributed by atoms with Crippen LogP contribution in [0.15, 0.2) is 134 Å². The molecule has 5 aromatic carbocycles. The molecule has 208 valence electrons. The first-order valence-electron chi connectivity index (χ1n) is 15.0. The summed E-state index contributed by atoms with van der Waals surface area (Å²) in [6, 6.07) is 43.7. The van der Waals surface area contributed by atoms with Gasteiger partial charge in [-0.2, -0.15) is 0 Å². The van der Waals surface area contributed by atoms with Crippen LogP contribution in [0.3, 0.4) is 0 Å². The zero-order valence-electron chi connectivity index (χ0n) is 24.1. The van der Waals surface area contributed by atoms with E-state index in [2.05, 4.69) is 72.8 Å². The van der Waals surface area contributed by atoms with Gasteiger partial charge in [-0.05, 0) is 63.4 Å². The van der Waals surface area contributed by atoms with Crippen LogP contribution >= 0.6 is 0 Å². The SMILES string of the molecule is C1=c2c(-c3cccc(-c4nc(-c5ccccc5)nc(-c5ccccc5)n4)c3)c3ccccc3c(-c3ccccn3)c2=CCC1. The van der Waals surface area contributed by atoms with Gasteiger partial charge < -0.3 is 0 Å². The number of benzene rings is 5. The second-order valence-electron chi connectivity index (χ2n) is 10.9. The maximum atomic E-state index is 4.99. The molecule has 0 unspecified atom stereocenters. The van der Waals surface area contributed by atoms with Crippen molar-refractivity contribution in [2.75, 3.05) is 0 Å². The third kappa shape index (κ3) is 4.67. The molecule has 0 radical (unpaired) electrons. The number of pyridine rings is 1. The lowest BCUT2D eigenvalue weighted by molar-refractivity contribution is 1.07. The number of hydrogen-bond acceptors (Lipinski definition) is 4. The van der Waals surface area contributed by atoms with Crippen molar-refractivity contribution in [1.82, 2.24) is 19.9 Å². The lowest BCUT2D eigenvalue weighted by Crippen LogP contribution is -2.31. The highest BCUT2D eigenvalue weighted by molar-refractivity contribution is 6.05. The van der Waals surface area contributed by atoms with E-state index in [-0.39, 0.29) is 0 Å². The molecule has 4 nitrogen and oxygen atoms in total. The van der Waals surface area contributed by atoms with Gasteiger partial charge in [0.15, 0.2) is 17.5 Å². The van der Waals surface area contributed by atoms with E-state index in [1.165, 1.54) is 32.3 Å². The van der Waals surface area contributed by atoms with Crippen molar-refractivity contribution in [3.05, 3.63) is 144 Å². The third-order valence-electron chi connectivity index (χ3n) is 8.19. The predicted octanol–water partition coefficient (Wildman–Crippen LogP) is 8.11. The second kappa shape index (κ2) is 11.2. The van der Waals surface area contributed by atoms with Crippen LogP contribution in [-0.4, -0.2) is 19.9 Å². The minimum atomic E-state index is 0.651. The normalized spacial score (nSPS) is 12.3. The molecule has 1 aliphatic rings. The number of aromatic nitrogens is 4. The minimum absolute atomic E-state index is 0.651. The summed E-state index contributed by atoms with van der Waals surface area (Å²) < 4.78 is 0. The topological polar surface area (TPSA) is 51.6 Å². The summed E-state index contributed by atoms with van der Waals surface area (Å²) in [5, 5.41) is 4.93. The van der Waals surface area contributed by atoms with Crippen LogP contribution in [0.25, 0.3) is 79.5 Å². The van der Waals surface area contributed by atoms with Gasteiger partial charge in [-0.25, -0.2) is 15.0 Å². The average Bonchev–Trinajstić information content (AvgIpc) is 3.11. The molecule has 0 aliphatic heterocycles. The summed E-state index contributed by atoms with van der Waals surface area (Å²) in [5.41, 5.74) is 7.43. The highest BCUT2D eigenvalue weighted by atomic mass is 15.0. The average molecular weight is 565 g/mol. The smallest absolute Gasteiger partial charge is 0.164 e. The Bertz CT molecular complexity index is 2200. The largest absolute Gasteiger partial charge is 0.256 e. The third-order valence-corrected chi connectivity index (χ3v) is 8.19. The predicted molar refractivity (Wildman–Crippen MR) is 180 cm³/mol. The number of nitrogens with zero attached hydrogens (tertiary/aromatic N) is 4. The second-order valence-corrected chi connectivity index (χ2v) is 10.9. The summed E-state index contributed by atoms with van der Waals surface area (Å²) >= 11 is 0. The molecular weight excluding hydrogens is 536 g/mol. The van der Waals surface area contributed by atoms with Crippen LogP contribution in [0, 0.1) is 0 Å². The van der Waals surface area contributed by atoms with Crippen molar-refractivity contribution in [2.24, 2.45) is 0 Å². The minimum Gasteiger partial charge on any atom is -0.256 e. The zero-order valence-corrected chi connectivity index (χ0v) is 24.1. The number of rotatable bonds is 5. The van der Waals surface area contributed by atoms with Gasteiger partial charge in [0.05, 0.1) is 5.69 Å². The van der Waals surface area contributed by atoms with E-state index in [9.17, 15) is 0 Å². The van der Waals surface area contributed by atoms with Crippen LogP contribution < -0.4 is 10.4 Å². The van der Waals surface area contributed by atoms with E-state index in [0.717, 1.165) is 40.8 Å². The zero-order chi connectivity index (χ0) is 29.3. The number of hydrogen-bond donors (Lipinski definition) is 0. The number of fused-ring (bicyclic) bond motifs is 2. The highest BCUT2D eigenvalue weighted by Gasteiger charge is 2.18. The Morgan fingerprint density at radius 1 is 0.409 bits per heavy atom. The molecular formula is C40H28N4. The summed E-state index contributed by atoms with van der Waals surface area (Å²) in [7, 11) is 0. The van der Waals surface area contributed by atoms with Crippen LogP contribution in [-0.2, 0) is 0 Å². The molecule has 2 heterocycles. The van der Waals surface area contributed by atoms with E-state index in [0.29, 0.717) is 17.5 Å². The van der Waals surface area contributed by atoms with Crippen LogP contribution in [0.2, 0.25) is 0 Å². The molecule has 0 N–H and O–H groups in total. The van der Waals surface area contributed by atoms with Crippen LogP contribution in [0.4, 0.5) is 0 Å². The van der Waals surface area contributed by atoms with Crippen molar-refractivity contribution < 1.29 is 0 Å². The highest BCUT2D eigenvalue weighted by Crippen LogP contribution is 2.33. The Hall–Kier alpha value is -5.74. The van der Waals surface area contributed by atoms with Crippen LogP contribution in [0.5, 0.6) is 0 Å². The van der Waals surface area contributed by atoms with Gasteiger partial charge in [-0.15, -0.1) is 0 Å².